The molecule has 0 spiro atoms. The van der Waals surface area contributed by atoms with Gasteiger partial charge in [0.25, 0.3) is 5.57 Å². The maximum Gasteiger partial charge on any atom is 0.387 e. The highest BCUT2D eigenvalue weighted by atomic mass is 31.1. The fraction of sp³-hybridized carbons (Fsp3) is 0. The van der Waals surface area contributed by atoms with Gasteiger partial charge in [-0.3, -0.25) is 0 Å². The van der Waals surface area contributed by atoms with Gasteiger partial charge in [-0.15, -0.1) is 0 Å². The maximum atomic E-state index is 12.0. The van der Waals surface area contributed by atoms with Gasteiger partial charge in [0.05, 0.1) is 0 Å². The van der Waals surface area contributed by atoms with Crippen molar-refractivity contribution in [2.45, 2.75) is 0 Å². The van der Waals surface area contributed by atoms with E-state index in [0.29, 0.717) is 0 Å². The second-order valence-corrected chi connectivity index (χ2v) is 2.23. The van der Waals surface area contributed by atoms with Gasteiger partial charge in [0.1, 0.15) is 6.33 Å². The molecule has 0 aliphatic rings. The largest absolute Gasteiger partial charge is 0.387 e. The van der Waals surface area contributed by atoms with Gasteiger partial charge >= 0.3 is 13.8 Å². The maximum absolute atomic E-state index is 12.0. The molecule has 0 aromatic carbocycles. The molecule has 0 atom stereocenters. The van der Waals surface area contributed by atoms with Crippen LogP contribution >= 0.6 is 7.68 Å². The van der Waals surface area contributed by atoms with Crippen LogP contribution in [0.2, 0.25) is 0 Å². The number of hydrogen-bond acceptors (Lipinski definition) is 5. The van der Waals surface area contributed by atoms with Crippen LogP contribution in [-0.4, -0.2) is 15.0 Å². The molecule has 10 heavy (non-hydrogen) atoms. The minimum Gasteiger partial charge on any atom is -0.228 e. The van der Waals surface area contributed by atoms with Crippen LogP contribution in [0, 0.1) is 6.08 Å². The van der Waals surface area contributed by atoms with Gasteiger partial charge < -0.3 is 0 Å². The molecule has 1 heterocycles. The summed E-state index contributed by atoms with van der Waals surface area (Å²) in [6, 6.07) is 0. The topological polar surface area (TPSA) is 72.8 Å². The first kappa shape index (κ1) is 6.95. The predicted molar refractivity (Wildman–Crippen MR) is 27.7 cm³/mol. The van der Waals surface area contributed by atoms with E-state index in [1.165, 1.54) is 0 Å². The molecule has 5 nitrogen and oxygen atoms in total. The highest BCUT2D eigenvalue weighted by Crippen LogP contribution is 1.96. The molecule has 1 rings (SSSR count). The van der Waals surface area contributed by atoms with Crippen molar-refractivity contribution in [1.82, 2.24) is 15.0 Å². The summed E-state index contributed by atoms with van der Waals surface area (Å²) in [4.78, 5) is 9.03. The lowest BCUT2D eigenvalue weighted by atomic mass is 11.0. The van der Waals surface area contributed by atoms with E-state index in [1.807, 2.05) is 0 Å². The standard InChI is InChI=1S/C3HFN3O2P/c4-2-5-1-6-3(7-2)10(8)9/h1H. The SMILES string of the molecule is O=P(=O)c1ncnc(F)n1. The van der Waals surface area contributed by atoms with Crippen LogP contribution in [0.1, 0.15) is 0 Å². The van der Waals surface area contributed by atoms with Gasteiger partial charge in [0.2, 0.25) is 0 Å². The average Bonchev–Trinajstić information content (AvgIpc) is 1.88. The summed E-state index contributed by atoms with van der Waals surface area (Å²) in [5.41, 5.74) is -0.553. The zero-order valence-electron chi connectivity index (χ0n) is 4.56. The first-order valence-electron chi connectivity index (χ1n) is 2.19. The molecule has 0 aliphatic carbocycles. The number of hydrogen-bond donors (Lipinski definition) is 0. The molecule has 0 amide bonds. The fourth-order valence-electron chi connectivity index (χ4n) is 0.356. The summed E-state index contributed by atoms with van der Waals surface area (Å²) in [7, 11) is -2.91. The van der Waals surface area contributed by atoms with E-state index in [1.54, 1.807) is 0 Å². The Balaban J connectivity index is 3.19. The van der Waals surface area contributed by atoms with Crippen LogP contribution in [0.3, 0.4) is 0 Å². The van der Waals surface area contributed by atoms with Gasteiger partial charge in [-0.25, -0.2) is 14.1 Å². The molecule has 7 heteroatoms. The number of aromatic nitrogens is 3. The summed E-state index contributed by atoms with van der Waals surface area (Å²) in [5, 5.41) is 0. The van der Waals surface area contributed by atoms with Crippen molar-refractivity contribution in [1.29, 1.82) is 0 Å². The van der Waals surface area contributed by atoms with E-state index in [-0.39, 0.29) is 0 Å². The minimum absolute atomic E-state index is 0.553. The van der Waals surface area contributed by atoms with E-state index in [0.717, 1.165) is 6.33 Å². The van der Waals surface area contributed by atoms with E-state index in [9.17, 15) is 13.5 Å². The van der Waals surface area contributed by atoms with Gasteiger partial charge in [-0.1, -0.05) is 0 Å². The highest BCUT2D eigenvalue weighted by Gasteiger charge is 2.02. The van der Waals surface area contributed by atoms with Gasteiger partial charge in [-0.2, -0.15) is 14.4 Å². The summed E-state index contributed by atoms with van der Waals surface area (Å²) in [6.07, 6.45) is -0.299. The summed E-state index contributed by atoms with van der Waals surface area (Å²) in [6.45, 7) is 0. The number of rotatable bonds is 1. The second kappa shape index (κ2) is 2.62. The van der Waals surface area contributed by atoms with Crippen molar-refractivity contribution in [3.63, 3.8) is 0 Å². The molecule has 1 aromatic heterocycles. The Morgan fingerprint density at radius 2 is 2.10 bits per heavy atom. The van der Waals surface area contributed by atoms with E-state index in [4.69, 9.17) is 0 Å². The molecule has 1 aromatic rings. The second-order valence-electron chi connectivity index (χ2n) is 1.31. The predicted octanol–water partition coefficient (Wildman–Crippen LogP) is -0.191. The van der Waals surface area contributed by atoms with Crippen molar-refractivity contribution < 1.29 is 13.5 Å². The van der Waals surface area contributed by atoms with Crippen LogP contribution in [-0.2, 0) is 9.13 Å². The van der Waals surface area contributed by atoms with Crippen LogP contribution in [0.25, 0.3) is 0 Å². The first-order valence-corrected chi connectivity index (χ1v) is 3.37. The Hall–Kier alpha value is -1.16. The van der Waals surface area contributed by atoms with Crippen LogP contribution in [0.15, 0.2) is 6.33 Å². The van der Waals surface area contributed by atoms with Crippen molar-refractivity contribution >= 4 is 13.2 Å². The highest BCUT2D eigenvalue weighted by molar-refractivity contribution is 7.39. The lowest BCUT2D eigenvalue weighted by Gasteiger charge is -1.83. The molecular weight excluding hydrogens is 160 g/mol. The van der Waals surface area contributed by atoms with Gasteiger partial charge in [0, 0.05) is 0 Å². The molecule has 0 unspecified atom stereocenters. The summed E-state index contributed by atoms with van der Waals surface area (Å²) in [5.74, 6) is 0. The lowest BCUT2D eigenvalue weighted by Crippen LogP contribution is -2.08. The molecule has 52 valence electrons. The third-order valence-electron chi connectivity index (χ3n) is 0.693. The molecule has 0 N–H and O–H groups in total. The van der Waals surface area contributed by atoms with E-state index in [2.05, 4.69) is 15.0 Å². The van der Waals surface area contributed by atoms with Crippen LogP contribution in [0.4, 0.5) is 4.39 Å². The molecule has 0 radical (unpaired) electrons. The minimum atomic E-state index is -2.91. The Morgan fingerprint density at radius 3 is 2.50 bits per heavy atom. The van der Waals surface area contributed by atoms with Crippen molar-refractivity contribution in [2.24, 2.45) is 0 Å². The monoisotopic (exact) mass is 161 g/mol. The van der Waals surface area contributed by atoms with Crippen LogP contribution in [0.5, 0.6) is 0 Å². The van der Waals surface area contributed by atoms with Crippen molar-refractivity contribution in [3.05, 3.63) is 12.4 Å². The molecule has 0 bridgehead atoms. The summed E-state index contributed by atoms with van der Waals surface area (Å²) >= 11 is 0. The molecular formula is C3HFN3O2P. The van der Waals surface area contributed by atoms with Crippen molar-refractivity contribution in [2.75, 3.05) is 0 Å². The smallest absolute Gasteiger partial charge is 0.228 e. The average molecular weight is 161 g/mol. The zero-order chi connectivity index (χ0) is 7.56. The third-order valence-corrected chi connectivity index (χ3v) is 1.24. The first-order chi connectivity index (χ1) is 4.70. The van der Waals surface area contributed by atoms with Crippen LogP contribution < -0.4 is 5.57 Å². The van der Waals surface area contributed by atoms with Gasteiger partial charge in [0.15, 0.2) is 0 Å². The molecule has 0 saturated carbocycles. The van der Waals surface area contributed by atoms with E-state index < -0.39 is 19.3 Å². The fourth-order valence-corrected chi connectivity index (χ4v) is 0.666. The summed E-state index contributed by atoms with van der Waals surface area (Å²) < 4.78 is 32.1. The Labute approximate surface area is 55.2 Å². The van der Waals surface area contributed by atoms with Crippen molar-refractivity contribution in [3.8, 4) is 0 Å². The Bertz CT molecular complexity index is 304. The quantitative estimate of drug-likeness (QED) is 0.533. The number of nitrogens with zero attached hydrogens (tertiary/aromatic N) is 3. The van der Waals surface area contributed by atoms with Gasteiger partial charge in [-0.05, 0) is 0 Å². The molecule has 0 aliphatic heterocycles. The lowest BCUT2D eigenvalue weighted by molar-refractivity contribution is 0.513. The molecule has 0 fully saturated rings. The Kier molecular flexibility index (Phi) is 1.82. The number of halogens is 1. The molecule has 0 saturated heterocycles. The third kappa shape index (κ3) is 1.41. The Morgan fingerprint density at radius 1 is 1.40 bits per heavy atom. The zero-order valence-corrected chi connectivity index (χ0v) is 5.46. The normalized spacial score (nSPS) is 9.30. The van der Waals surface area contributed by atoms with E-state index >= 15 is 0 Å².